The van der Waals surface area contributed by atoms with Crippen molar-refractivity contribution in [2.45, 2.75) is 6.54 Å². The molecule has 2 N–H and O–H groups in total. The zero-order chi connectivity index (χ0) is 18.9. The zero-order valence-corrected chi connectivity index (χ0v) is 15.6. The summed E-state index contributed by atoms with van der Waals surface area (Å²) in [5.74, 6) is 0.653. The van der Waals surface area contributed by atoms with E-state index in [-0.39, 0.29) is 5.91 Å². The van der Waals surface area contributed by atoms with Crippen LogP contribution in [0.15, 0.2) is 42.7 Å². The molecule has 1 fully saturated rings. The van der Waals surface area contributed by atoms with Crippen molar-refractivity contribution in [3.63, 3.8) is 0 Å². The molecule has 1 aliphatic heterocycles. The Morgan fingerprint density at radius 3 is 2.74 bits per heavy atom. The largest absolute Gasteiger partial charge is 0.497 e. The molecular formula is C20H26N4O3. The van der Waals surface area contributed by atoms with Gasteiger partial charge in [-0.05, 0) is 23.8 Å². The van der Waals surface area contributed by atoms with Crippen LogP contribution >= 0.6 is 0 Å². The highest BCUT2D eigenvalue weighted by molar-refractivity contribution is 5.94. The normalized spacial score (nSPS) is 14.6. The summed E-state index contributed by atoms with van der Waals surface area (Å²) in [6.45, 7) is 5.73. The van der Waals surface area contributed by atoms with Crippen LogP contribution in [0.3, 0.4) is 0 Å². The second-order valence-electron chi connectivity index (χ2n) is 6.37. The van der Waals surface area contributed by atoms with Crippen molar-refractivity contribution in [3.05, 3.63) is 53.9 Å². The van der Waals surface area contributed by atoms with Gasteiger partial charge in [-0.2, -0.15) is 0 Å². The zero-order valence-electron chi connectivity index (χ0n) is 15.6. The number of aromatic nitrogens is 1. The fourth-order valence-electron chi connectivity index (χ4n) is 2.87. The molecule has 1 saturated heterocycles. The van der Waals surface area contributed by atoms with Gasteiger partial charge in [0.15, 0.2) is 0 Å². The van der Waals surface area contributed by atoms with Gasteiger partial charge in [-0.25, -0.2) is 0 Å². The molecule has 3 rings (SSSR count). The first kappa shape index (κ1) is 19.1. The van der Waals surface area contributed by atoms with Crippen molar-refractivity contribution < 1.29 is 14.3 Å². The molecule has 1 aromatic carbocycles. The quantitative estimate of drug-likeness (QED) is 0.738. The maximum atomic E-state index is 12.4. The van der Waals surface area contributed by atoms with Crippen LogP contribution in [0.4, 0.5) is 5.69 Å². The van der Waals surface area contributed by atoms with Gasteiger partial charge in [0.2, 0.25) is 0 Å². The minimum absolute atomic E-state index is 0.143. The van der Waals surface area contributed by atoms with Gasteiger partial charge < -0.3 is 20.1 Å². The number of carbonyl (C=O) groups is 1. The molecule has 0 aliphatic carbocycles. The minimum atomic E-state index is -0.143. The summed E-state index contributed by atoms with van der Waals surface area (Å²) >= 11 is 0. The van der Waals surface area contributed by atoms with Crippen molar-refractivity contribution in [1.29, 1.82) is 0 Å². The number of pyridine rings is 1. The molecule has 0 unspecified atom stereocenters. The van der Waals surface area contributed by atoms with Gasteiger partial charge in [0.05, 0.1) is 31.6 Å². The van der Waals surface area contributed by atoms with Crippen LogP contribution in [0.1, 0.15) is 15.9 Å². The Balaban J connectivity index is 1.47. The van der Waals surface area contributed by atoms with E-state index in [9.17, 15) is 4.79 Å². The fourth-order valence-corrected chi connectivity index (χ4v) is 2.87. The number of methoxy groups -OCH3 is 1. The van der Waals surface area contributed by atoms with Gasteiger partial charge in [-0.15, -0.1) is 0 Å². The van der Waals surface area contributed by atoms with Crippen LogP contribution in [0.5, 0.6) is 5.75 Å². The van der Waals surface area contributed by atoms with Gasteiger partial charge in [-0.3, -0.25) is 14.7 Å². The molecule has 7 heteroatoms. The first-order valence-electron chi connectivity index (χ1n) is 9.15. The van der Waals surface area contributed by atoms with E-state index in [4.69, 9.17) is 9.47 Å². The number of hydrogen-bond acceptors (Lipinski definition) is 6. The average molecular weight is 370 g/mol. The van der Waals surface area contributed by atoms with E-state index in [0.29, 0.717) is 12.1 Å². The molecule has 144 valence electrons. The lowest BCUT2D eigenvalue weighted by molar-refractivity contribution is 0.0398. The molecule has 0 bridgehead atoms. The summed E-state index contributed by atoms with van der Waals surface area (Å²) in [4.78, 5) is 18.9. The van der Waals surface area contributed by atoms with E-state index in [1.54, 1.807) is 19.5 Å². The number of rotatable bonds is 8. The molecule has 0 saturated carbocycles. The average Bonchev–Trinajstić information content (AvgIpc) is 2.73. The highest BCUT2D eigenvalue weighted by atomic mass is 16.5. The van der Waals surface area contributed by atoms with E-state index in [1.807, 2.05) is 30.3 Å². The lowest BCUT2D eigenvalue weighted by Gasteiger charge is -2.26. The van der Waals surface area contributed by atoms with E-state index in [2.05, 4.69) is 20.5 Å². The Kier molecular flexibility index (Phi) is 7.01. The van der Waals surface area contributed by atoms with Crippen LogP contribution in [0.25, 0.3) is 0 Å². The van der Waals surface area contributed by atoms with Crippen molar-refractivity contribution in [3.8, 4) is 5.75 Å². The van der Waals surface area contributed by atoms with Gasteiger partial charge >= 0.3 is 0 Å². The van der Waals surface area contributed by atoms with Crippen LogP contribution < -0.4 is 15.4 Å². The molecule has 27 heavy (non-hydrogen) atoms. The van der Waals surface area contributed by atoms with Gasteiger partial charge in [0.1, 0.15) is 5.75 Å². The SMILES string of the molecule is COc1ccc(CNC(=O)c2cncc(NCCN3CCOCC3)c2)cc1. The van der Waals surface area contributed by atoms with Crippen LogP contribution in [0, 0.1) is 0 Å². The van der Waals surface area contributed by atoms with Crippen LogP contribution in [0.2, 0.25) is 0 Å². The van der Waals surface area contributed by atoms with Crippen molar-refractivity contribution >= 4 is 11.6 Å². The number of hydrogen-bond donors (Lipinski definition) is 2. The Labute approximate surface area is 159 Å². The molecule has 2 aromatic rings. The van der Waals surface area contributed by atoms with Crippen molar-refractivity contribution in [2.24, 2.45) is 0 Å². The highest BCUT2D eigenvalue weighted by Crippen LogP contribution is 2.12. The van der Waals surface area contributed by atoms with E-state index < -0.39 is 0 Å². The van der Waals surface area contributed by atoms with Crippen molar-refractivity contribution in [2.75, 3.05) is 51.8 Å². The summed E-state index contributed by atoms with van der Waals surface area (Å²) in [5, 5.41) is 6.25. The third-order valence-electron chi connectivity index (χ3n) is 4.47. The summed E-state index contributed by atoms with van der Waals surface area (Å²) in [6, 6.07) is 9.45. The molecule has 1 amide bonds. The molecule has 0 radical (unpaired) electrons. The Morgan fingerprint density at radius 2 is 2.00 bits per heavy atom. The Hall–Kier alpha value is -2.64. The monoisotopic (exact) mass is 370 g/mol. The lowest BCUT2D eigenvalue weighted by atomic mass is 10.2. The number of ether oxygens (including phenoxy) is 2. The predicted octanol–water partition coefficient (Wildman–Crippen LogP) is 1.76. The van der Waals surface area contributed by atoms with Crippen molar-refractivity contribution in [1.82, 2.24) is 15.2 Å². The number of nitrogens with one attached hydrogen (secondary N) is 2. The number of benzene rings is 1. The molecule has 1 aliphatic rings. The maximum Gasteiger partial charge on any atom is 0.253 e. The number of amides is 1. The Bertz CT molecular complexity index is 730. The fraction of sp³-hybridized carbons (Fsp3) is 0.400. The predicted molar refractivity (Wildman–Crippen MR) is 104 cm³/mol. The molecule has 0 atom stereocenters. The summed E-state index contributed by atoms with van der Waals surface area (Å²) in [5.41, 5.74) is 2.40. The van der Waals surface area contributed by atoms with Gasteiger partial charge in [0, 0.05) is 45.1 Å². The van der Waals surface area contributed by atoms with E-state index in [1.165, 1.54) is 0 Å². The van der Waals surface area contributed by atoms with Gasteiger partial charge in [0.25, 0.3) is 5.91 Å². The summed E-state index contributed by atoms with van der Waals surface area (Å²) in [6.07, 6.45) is 3.32. The molecule has 1 aromatic heterocycles. The standard InChI is InChI=1S/C20H26N4O3/c1-26-19-4-2-16(3-5-19)13-23-20(25)17-12-18(15-21-14-17)22-6-7-24-8-10-27-11-9-24/h2-5,12,14-15,22H,6-11,13H2,1H3,(H,23,25). The lowest BCUT2D eigenvalue weighted by Crippen LogP contribution is -2.39. The van der Waals surface area contributed by atoms with E-state index >= 15 is 0 Å². The second kappa shape index (κ2) is 9.89. The highest BCUT2D eigenvalue weighted by Gasteiger charge is 2.10. The first-order chi connectivity index (χ1) is 13.2. The number of morpholine rings is 1. The first-order valence-corrected chi connectivity index (χ1v) is 9.15. The summed E-state index contributed by atoms with van der Waals surface area (Å²) in [7, 11) is 1.63. The third kappa shape index (κ3) is 5.94. The molecule has 0 spiro atoms. The third-order valence-corrected chi connectivity index (χ3v) is 4.47. The number of nitrogens with zero attached hydrogens (tertiary/aromatic N) is 2. The topological polar surface area (TPSA) is 75.7 Å². The number of carbonyl (C=O) groups excluding carboxylic acids is 1. The van der Waals surface area contributed by atoms with Crippen LogP contribution in [-0.4, -0.2) is 62.3 Å². The van der Waals surface area contributed by atoms with E-state index in [0.717, 1.165) is 56.4 Å². The molecule has 7 nitrogen and oxygen atoms in total. The second-order valence-corrected chi connectivity index (χ2v) is 6.37. The number of anilines is 1. The minimum Gasteiger partial charge on any atom is -0.497 e. The Morgan fingerprint density at radius 1 is 1.22 bits per heavy atom. The summed E-state index contributed by atoms with van der Waals surface area (Å²) < 4.78 is 10.5. The smallest absolute Gasteiger partial charge is 0.253 e. The molecular weight excluding hydrogens is 344 g/mol. The maximum absolute atomic E-state index is 12.4. The van der Waals surface area contributed by atoms with Crippen LogP contribution in [-0.2, 0) is 11.3 Å². The molecule has 2 heterocycles. The van der Waals surface area contributed by atoms with Gasteiger partial charge in [-0.1, -0.05) is 12.1 Å².